The fourth-order valence-electron chi connectivity index (χ4n) is 1.70. The van der Waals surface area contributed by atoms with Crippen molar-refractivity contribution in [3.63, 3.8) is 0 Å². The van der Waals surface area contributed by atoms with E-state index in [1.54, 1.807) is 25.1 Å². The minimum absolute atomic E-state index is 0.0329. The van der Waals surface area contributed by atoms with Gasteiger partial charge in [-0.05, 0) is 24.1 Å². The standard InChI is InChI=1S/C12H14N2O4S/c1-9-10(8-15)3-2-4-12(9)19(16,17)14-7-11-5-6-13-18-11/h2-6,14-15H,7-8H2,1H3. The highest BCUT2D eigenvalue weighted by Crippen LogP contribution is 2.19. The van der Waals surface area contributed by atoms with Gasteiger partial charge in [0.25, 0.3) is 0 Å². The van der Waals surface area contributed by atoms with Crippen LogP contribution in [0.25, 0.3) is 0 Å². The lowest BCUT2D eigenvalue weighted by Gasteiger charge is -2.10. The van der Waals surface area contributed by atoms with E-state index in [4.69, 9.17) is 9.63 Å². The van der Waals surface area contributed by atoms with Gasteiger partial charge in [0.05, 0.1) is 24.2 Å². The number of aliphatic hydroxyl groups excluding tert-OH is 1. The van der Waals surface area contributed by atoms with E-state index >= 15 is 0 Å². The molecule has 2 N–H and O–H groups in total. The molecule has 0 aliphatic heterocycles. The predicted molar refractivity (Wildman–Crippen MR) is 67.6 cm³/mol. The number of benzene rings is 1. The Hall–Kier alpha value is -1.70. The Kier molecular flexibility index (Phi) is 3.98. The third kappa shape index (κ3) is 3.01. The summed E-state index contributed by atoms with van der Waals surface area (Å²) >= 11 is 0. The lowest BCUT2D eigenvalue weighted by Crippen LogP contribution is -2.24. The maximum Gasteiger partial charge on any atom is 0.241 e. The molecule has 0 spiro atoms. The minimum Gasteiger partial charge on any atom is -0.392 e. The molecule has 19 heavy (non-hydrogen) atoms. The van der Waals surface area contributed by atoms with Crippen molar-refractivity contribution in [1.29, 1.82) is 0 Å². The lowest BCUT2D eigenvalue weighted by atomic mass is 10.1. The van der Waals surface area contributed by atoms with Gasteiger partial charge < -0.3 is 9.63 Å². The number of rotatable bonds is 5. The molecule has 2 aromatic rings. The first-order valence-corrected chi connectivity index (χ1v) is 7.11. The van der Waals surface area contributed by atoms with Crippen LogP contribution in [0.5, 0.6) is 0 Å². The number of nitrogens with one attached hydrogen (secondary N) is 1. The smallest absolute Gasteiger partial charge is 0.241 e. The largest absolute Gasteiger partial charge is 0.392 e. The van der Waals surface area contributed by atoms with E-state index in [0.717, 1.165) is 0 Å². The normalized spacial score (nSPS) is 11.7. The number of sulfonamides is 1. The molecule has 1 aromatic heterocycles. The Morgan fingerprint density at radius 2 is 2.16 bits per heavy atom. The monoisotopic (exact) mass is 282 g/mol. The molecule has 102 valence electrons. The van der Waals surface area contributed by atoms with E-state index in [1.165, 1.54) is 12.3 Å². The van der Waals surface area contributed by atoms with Crippen molar-refractivity contribution in [3.05, 3.63) is 47.3 Å². The van der Waals surface area contributed by atoms with E-state index in [2.05, 4.69) is 9.88 Å². The van der Waals surface area contributed by atoms with Crippen LogP contribution in [0.15, 0.2) is 39.9 Å². The van der Waals surface area contributed by atoms with Crippen LogP contribution in [0, 0.1) is 6.92 Å². The number of aromatic nitrogens is 1. The average Bonchev–Trinajstić information content (AvgIpc) is 2.90. The van der Waals surface area contributed by atoms with Gasteiger partial charge in [-0.15, -0.1) is 0 Å². The Bertz CT molecular complexity index is 650. The van der Waals surface area contributed by atoms with Crippen molar-refractivity contribution in [2.45, 2.75) is 25.0 Å². The van der Waals surface area contributed by atoms with Gasteiger partial charge >= 0.3 is 0 Å². The number of hydrogen-bond donors (Lipinski definition) is 2. The Morgan fingerprint density at radius 3 is 2.79 bits per heavy atom. The van der Waals surface area contributed by atoms with Crippen molar-refractivity contribution in [2.75, 3.05) is 0 Å². The SMILES string of the molecule is Cc1c(CO)cccc1S(=O)(=O)NCc1ccno1. The van der Waals surface area contributed by atoms with Gasteiger partial charge in [0.15, 0.2) is 5.76 Å². The zero-order chi connectivity index (χ0) is 13.9. The second-order valence-electron chi connectivity index (χ2n) is 4.00. The molecular weight excluding hydrogens is 268 g/mol. The Morgan fingerprint density at radius 1 is 1.37 bits per heavy atom. The summed E-state index contributed by atoms with van der Waals surface area (Å²) in [5.41, 5.74) is 1.12. The van der Waals surface area contributed by atoms with Gasteiger partial charge in [-0.3, -0.25) is 0 Å². The molecule has 2 rings (SSSR count). The van der Waals surface area contributed by atoms with Gasteiger partial charge in [0.1, 0.15) is 0 Å². The minimum atomic E-state index is -3.65. The van der Waals surface area contributed by atoms with Crippen LogP contribution in [0.3, 0.4) is 0 Å². The summed E-state index contributed by atoms with van der Waals surface area (Å²) in [5, 5.41) is 12.6. The Balaban J connectivity index is 2.24. The summed E-state index contributed by atoms with van der Waals surface area (Å²) in [6.07, 6.45) is 1.45. The molecule has 1 aromatic carbocycles. The van der Waals surface area contributed by atoms with Crippen molar-refractivity contribution >= 4 is 10.0 Å². The molecule has 0 atom stereocenters. The maximum absolute atomic E-state index is 12.2. The maximum atomic E-state index is 12.2. The zero-order valence-electron chi connectivity index (χ0n) is 10.3. The highest BCUT2D eigenvalue weighted by Gasteiger charge is 2.18. The molecule has 0 unspecified atom stereocenters. The first-order valence-electron chi connectivity index (χ1n) is 5.63. The molecule has 0 fully saturated rings. The molecule has 0 aliphatic rings. The van der Waals surface area contributed by atoms with Crippen molar-refractivity contribution < 1.29 is 18.0 Å². The van der Waals surface area contributed by atoms with Crippen LogP contribution in [-0.2, 0) is 23.2 Å². The molecule has 0 saturated carbocycles. The fourth-order valence-corrected chi connectivity index (χ4v) is 2.98. The quantitative estimate of drug-likeness (QED) is 0.852. The van der Waals surface area contributed by atoms with E-state index < -0.39 is 10.0 Å². The highest BCUT2D eigenvalue weighted by molar-refractivity contribution is 7.89. The number of nitrogens with zero attached hydrogens (tertiary/aromatic N) is 1. The van der Waals surface area contributed by atoms with Crippen LogP contribution in [0.4, 0.5) is 0 Å². The summed E-state index contributed by atoms with van der Waals surface area (Å²) in [6, 6.07) is 6.36. The molecule has 1 heterocycles. The lowest BCUT2D eigenvalue weighted by molar-refractivity contribution is 0.280. The number of hydrogen-bond acceptors (Lipinski definition) is 5. The second kappa shape index (κ2) is 5.52. The van der Waals surface area contributed by atoms with Crippen LogP contribution >= 0.6 is 0 Å². The second-order valence-corrected chi connectivity index (χ2v) is 5.74. The summed E-state index contributed by atoms with van der Waals surface area (Å²) in [6.45, 7) is 1.50. The molecule has 7 heteroatoms. The average molecular weight is 282 g/mol. The van der Waals surface area contributed by atoms with Crippen LogP contribution in [0.2, 0.25) is 0 Å². The van der Waals surface area contributed by atoms with E-state index in [0.29, 0.717) is 16.9 Å². The van der Waals surface area contributed by atoms with Crippen molar-refractivity contribution in [2.24, 2.45) is 0 Å². The van der Waals surface area contributed by atoms with Crippen molar-refractivity contribution in [1.82, 2.24) is 9.88 Å². The van der Waals surface area contributed by atoms with E-state index in [-0.39, 0.29) is 18.0 Å². The van der Waals surface area contributed by atoms with Crippen LogP contribution in [0.1, 0.15) is 16.9 Å². The third-order valence-electron chi connectivity index (χ3n) is 2.78. The molecule has 0 radical (unpaired) electrons. The van der Waals surface area contributed by atoms with Crippen LogP contribution < -0.4 is 4.72 Å². The molecule has 6 nitrogen and oxygen atoms in total. The molecule has 0 bridgehead atoms. The molecule has 0 saturated heterocycles. The first kappa shape index (κ1) is 13.7. The van der Waals surface area contributed by atoms with Gasteiger partial charge in [-0.1, -0.05) is 17.3 Å². The summed E-state index contributed by atoms with van der Waals surface area (Å²) < 4.78 is 31.6. The van der Waals surface area contributed by atoms with Crippen LogP contribution in [-0.4, -0.2) is 18.7 Å². The molecule has 0 aliphatic carbocycles. The fraction of sp³-hybridized carbons (Fsp3) is 0.250. The third-order valence-corrected chi connectivity index (χ3v) is 4.33. The predicted octanol–water partition coefficient (Wildman–Crippen LogP) is 0.954. The van der Waals surface area contributed by atoms with Gasteiger partial charge in [0, 0.05) is 6.07 Å². The summed E-state index contributed by atoms with van der Waals surface area (Å²) in [4.78, 5) is 0.151. The van der Waals surface area contributed by atoms with Crippen molar-refractivity contribution in [3.8, 4) is 0 Å². The highest BCUT2D eigenvalue weighted by atomic mass is 32.2. The molecule has 0 amide bonds. The first-order chi connectivity index (χ1) is 9.04. The van der Waals surface area contributed by atoms with Gasteiger partial charge in [-0.2, -0.15) is 0 Å². The van der Waals surface area contributed by atoms with E-state index in [1.807, 2.05) is 0 Å². The zero-order valence-corrected chi connectivity index (χ0v) is 11.1. The van der Waals surface area contributed by atoms with E-state index in [9.17, 15) is 8.42 Å². The molecular formula is C12H14N2O4S. The number of aliphatic hydroxyl groups is 1. The topological polar surface area (TPSA) is 92.4 Å². The van der Waals surface area contributed by atoms with Gasteiger partial charge in [-0.25, -0.2) is 13.1 Å². The summed E-state index contributed by atoms with van der Waals surface area (Å²) in [5.74, 6) is 0.430. The summed E-state index contributed by atoms with van der Waals surface area (Å²) in [7, 11) is -3.65. The Labute approximate surface area is 111 Å². The van der Waals surface area contributed by atoms with Gasteiger partial charge in [0.2, 0.25) is 10.0 Å².